The van der Waals surface area contributed by atoms with Crippen LogP contribution in [0.2, 0.25) is 0 Å². The van der Waals surface area contributed by atoms with Gasteiger partial charge in [-0.2, -0.15) is 0 Å². The van der Waals surface area contributed by atoms with Gasteiger partial charge in [0, 0.05) is 25.9 Å². The van der Waals surface area contributed by atoms with E-state index in [4.69, 9.17) is 14.6 Å². The Morgan fingerprint density at radius 1 is 1.22 bits per heavy atom. The number of nitrogens with zero attached hydrogens (tertiary/aromatic N) is 1. The molecule has 0 saturated carbocycles. The summed E-state index contributed by atoms with van der Waals surface area (Å²) in [4.78, 5) is 10.4. The van der Waals surface area contributed by atoms with E-state index in [9.17, 15) is 13.2 Å². The van der Waals surface area contributed by atoms with Crippen LogP contribution in [0.3, 0.4) is 0 Å². The first kappa shape index (κ1) is 13.7. The van der Waals surface area contributed by atoms with E-state index >= 15 is 0 Å². The first-order valence-corrected chi connectivity index (χ1v) is 7.52. The molecule has 2 fully saturated rings. The van der Waals surface area contributed by atoms with Gasteiger partial charge in [-0.1, -0.05) is 0 Å². The minimum atomic E-state index is -3.48. The van der Waals surface area contributed by atoms with Gasteiger partial charge in [0.05, 0.1) is 25.4 Å². The van der Waals surface area contributed by atoms with Gasteiger partial charge in [-0.25, -0.2) is 12.7 Å². The zero-order chi connectivity index (χ0) is 13.2. The average molecular weight is 279 g/mol. The lowest BCUT2D eigenvalue weighted by Crippen LogP contribution is -2.47. The highest BCUT2D eigenvalue weighted by atomic mass is 32.2. The number of piperidine rings is 1. The summed E-state index contributed by atoms with van der Waals surface area (Å²) in [6, 6.07) is 0. The van der Waals surface area contributed by atoms with Crippen molar-refractivity contribution in [2.24, 2.45) is 0 Å². The molecule has 0 unspecified atom stereocenters. The van der Waals surface area contributed by atoms with Gasteiger partial charge in [-0.3, -0.25) is 4.79 Å². The lowest BCUT2D eigenvalue weighted by atomic mass is 10.1. The molecule has 2 aliphatic rings. The molecule has 2 saturated heterocycles. The smallest absolute Gasteiger partial charge is 0.304 e. The molecule has 0 atom stereocenters. The molecule has 8 heteroatoms. The highest BCUT2D eigenvalue weighted by Gasteiger charge is 2.42. The Bertz CT molecular complexity index is 404. The second-order valence-corrected chi connectivity index (χ2v) is 6.55. The van der Waals surface area contributed by atoms with Gasteiger partial charge in [0.2, 0.25) is 10.0 Å². The van der Waals surface area contributed by atoms with Crippen LogP contribution in [-0.2, 0) is 24.3 Å². The molecule has 0 aliphatic carbocycles. The number of hydrogen-bond acceptors (Lipinski definition) is 5. The normalized spacial score (nSPS) is 24.4. The van der Waals surface area contributed by atoms with Crippen molar-refractivity contribution >= 4 is 16.0 Å². The summed E-state index contributed by atoms with van der Waals surface area (Å²) in [5.74, 6) is -2.06. The Labute approximate surface area is 106 Å². The van der Waals surface area contributed by atoms with E-state index in [1.54, 1.807) is 0 Å². The van der Waals surface area contributed by atoms with Crippen molar-refractivity contribution in [1.29, 1.82) is 0 Å². The minimum absolute atomic E-state index is 0.321. The highest BCUT2D eigenvalue weighted by molar-refractivity contribution is 7.89. The maximum Gasteiger partial charge on any atom is 0.304 e. The molecule has 2 rings (SSSR count). The van der Waals surface area contributed by atoms with E-state index in [1.807, 2.05) is 0 Å². The summed E-state index contributed by atoms with van der Waals surface area (Å²) >= 11 is 0. The highest BCUT2D eigenvalue weighted by Crippen LogP contribution is 2.32. The minimum Gasteiger partial charge on any atom is -0.481 e. The van der Waals surface area contributed by atoms with Gasteiger partial charge in [0.1, 0.15) is 0 Å². The number of aliphatic carboxylic acids is 1. The molecule has 1 N–H and O–H groups in total. The third kappa shape index (κ3) is 3.00. The molecule has 0 aromatic carbocycles. The Morgan fingerprint density at radius 3 is 2.28 bits per heavy atom. The number of carboxylic acids is 1. The van der Waals surface area contributed by atoms with Crippen molar-refractivity contribution in [1.82, 2.24) is 4.31 Å². The summed E-state index contributed by atoms with van der Waals surface area (Å²) in [6.45, 7) is 1.74. The molecule has 104 valence electrons. The van der Waals surface area contributed by atoms with Crippen molar-refractivity contribution < 1.29 is 27.8 Å². The molecule has 18 heavy (non-hydrogen) atoms. The standard InChI is InChI=1S/C10H17NO6S/c12-9(13)1-8-18(14,15)11-4-2-10(3-5-11)16-6-7-17-10/h1-8H2,(H,12,13). The summed E-state index contributed by atoms with van der Waals surface area (Å²) < 4.78 is 36.1. The predicted octanol–water partition coefficient (Wildman–Crippen LogP) is -0.370. The number of hydrogen-bond donors (Lipinski definition) is 1. The first-order chi connectivity index (χ1) is 8.44. The quantitative estimate of drug-likeness (QED) is 0.754. The zero-order valence-corrected chi connectivity index (χ0v) is 10.8. The van der Waals surface area contributed by atoms with Crippen LogP contribution in [0.1, 0.15) is 19.3 Å². The summed E-state index contributed by atoms with van der Waals surface area (Å²) in [7, 11) is -3.48. The molecule has 2 heterocycles. The van der Waals surface area contributed by atoms with Gasteiger partial charge in [0.25, 0.3) is 0 Å². The third-order valence-electron chi connectivity index (χ3n) is 3.27. The van der Waals surface area contributed by atoms with Crippen molar-refractivity contribution in [3.8, 4) is 0 Å². The number of carbonyl (C=O) groups is 1. The molecular weight excluding hydrogens is 262 g/mol. The predicted molar refractivity (Wildman–Crippen MR) is 61.5 cm³/mol. The molecule has 0 amide bonds. The fraction of sp³-hybridized carbons (Fsp3) is 0.900. The SMILES string of the molecule is O=C(O)CCS(=O)(=O)N1CCC2(CC1)OCCO2. The van der Waals surface area contributed by atoms with Gasteiger partial charge >= 0.3 is 5.97 Å². The fourth-order valence-electron chi connectivity index (χ4n) is 2.24. The topological polar surface area (TPSA) is 93.1 Å². The lowest BCUT2D eigenvalue weighted by molar-refractivity contribution is -0.179. The number of ether oxygens (including phenoxy) is 2. The van der Waals surface area contributed by atoms with E-state index in [-0.39, 0.29) is 12.2 Å². The van der Waals surface area contributed by atoms with Crippen molar-refractivity contribution in [3.63, 3.8) is 0 Å². The Hall–Kier alpha value is -0.700. The molecule has 0 bridgehead atoms. The zero-order valence-electron chi connectivity index (χ0n) is 10.0. The van der Waals surface area contributed by atoms with E-state index < -0.39 is 21.8 Å². The molecule has 0 aromatic rings. The maximum atomic E-state index is 11.9. The first-order valence-electron chi connectivity index (χ1n) is 5.91. The van der Waals surface area contributed by atoms with E-state index in [0.717, 1.165) is 0 Å². The summed E-state index contributed by atoms with van der Waals surface area (Å²) in [5, 5.41) is 8.52. The third-order valence-corrected chi connectivity index (χ3v) is 5.14. The van der Waals surface area contributed by atoms with Gasteiger partial charge in [-0.05, 0) is 0 Å². The van der Waals surface area contributed by atoms with Crippen LogP contribution in [0.5, 0.6) is 0 Å². The molecule has 1 spiro atoms. The Morgan fingerprint density at radius 2 is 1.78 bits per heavy atom. The molecule has 7 nitrogen and oxygen atoms in total. The van der Waals surface area contributed by atoms with Crippen LogP contribution in [0.15, 0.2) is 0 Å². The summed E-state index contributed by atoms with van der Waals surface area (Å²) in [5.41, 5.74) is 0. The number of carboxylic acid groups (broad SMARTS) is 1. The van der Waals surface area contributed by atoms with Crippen LogP contribution in [0, 0.1) is 0 Å². The van der Waals surface area contributed by atoms with E-state index in [1.165, 1.54) is 4.31 Å². The monoisotopic (exact) mass is 279 g/mol. The van der Waals surface area contributed by atoms with Crippen molar-refractivity contribution in [2.45, 2.75) is 25.0 Å². The van der Waals surface area contributed by atoms with Gasteiger partial charge < -0.3 is 14.6 Å². The van der Waals surface area contributed by atoms with Crippen molar-refractivity contribution in [2.75, 3.05) is 32.1 Å². The van der Waals surface area contributed by atoms with E-state index in [2.05, 4.69) is 0 Å². The average Bonchev–Trinajstić information content (AvgIpc) is 2.76. The largest absolute Gasteiger partial charge is 0.481 e. The van der Waals surface area contributed by atoms with Crippen LogP contribution in [-0.4, -0.2) is 61.6 Å². The Balaban J connectivity index is 1.90. The number of sulfonamides is 1. The van der Waals surface area contributed by atoms with Gasteiger partial charge in [-0.15, -0.1) is 0 Å². The van der Waals surface area contributed by atoms with Gasteiger partial charge in [0.15, 0.2) is 5.79 Å². The fourth-order valence-corrected chi connectivity index (χ4v) is 3.67. The molecular formula is C10H17NO6S. The lowest BCUT2D eigenvalue weighted by Gasteiger charge is -2.36. The van der Waals surface area contributed by atoms with Crippen LogP contribution >= 0.6 is 0 Å². The number of rotatable bonds is 4. The van der Waals surface area contributed by atoms with Crippen LogP contribution in [0.4, 0.5) is 0 Å². The van der Waals surface area contributed by atoms with E-state index in [0.29, 0.717) is 39.1 Å². The molecule has 0 radical (unpaired) electrons. The maximum absolute atomic E-state index is 11.9. The molecule has 2 aliphatic heterocycles. The summed E-state index contributed by atoms with van der Waals surface area (Å²) in [6.07, 6.45) is 0.635. The van der Waals surface area contributed by atoms with Crippen LogP contribution in [0.25, 0.3) is 0 Å². The second kappa shape index (κ2) is 5.12. The van der Waals surface area contributed by atoms with Crippen molar-refractivity contribution in [3.05, 3.63) is 0 Å². The second-order valence-electron chi connectivity index (χ2n) is 4.47. The molecule has 0 aromatic heterocycles. The van der Waals surface area contributed by atoms with Crippen LogP contribution < -0.4 is 0 Å². The Kier molecular flexibility index (Phi) is 3.90.